The Balaban J connectivity index is 1.74. The lowest BCUT2D eigenvalue weighted by Crippen LogP contribution is -2.24. The molecule has 23 heavy (non-hydrogen) atoms. The highest BCUT2D eigenvalue weighted by Gasteiger charge is 2.13. The molecule has 0 saturated heterocycles. The summed E-state index contributed by atoms with van der Waals surface area (Å²) in [5.74, 6) is 0.732. The molecule has 2 aromatic carbocycles. The largest absolute Gasteiger partial charge is 0.396 e. The molecule has 1 unspecified atom stereocenters. The molecule has 1 atom stereocenters. The fourth-order valence-corrected chi connectivity index (χ4v) is 2.50. The van der Waals surface area contributed by atoms with Crippen LogP contribution < -0.4 is 5.32 Å². The van der Waals surface area contributed by atoms with Crippen molar-refractivity contribution >= 4 is 0 Å². The van der Waals surface area contributed by atoms with Crippen LogP contribution in [0, 0.1) is 0 Å². The molecule has 0 aliphatic rings. The molecule has 0 bridgehead atoms. The third-order valence-electron chi connectivity index (χ3n) is 3.66. The monoisotopic (exact) mass is 309 g/mol. The van der Waals surface area contributed by atoms with Crippen LogP contribution in [-0.4, -0.2) is 31.9 Å². The summed E-state index contributed by atoms with van der Waals surface area (Å²) in [5, 5.41) is 24.6. The van der Waals surface area contributed by atoms with Crippen LogP contribution in [0.3, 0.4) is 0 Å². The van der Waals surface area contributed by atoms with E-state index in [1.54, 1.807) is 4.68 Å². The summed E-state index contributed by atoms with van der Waals surface area (Å²) in [7, 11) is 0. The van der Waals surface area contributed by atoms with Gasteiger partial charge in [-0.15, -0.1) is 5.10 Å². The molecule has 0 aliphatic carbocycles. The van der Waals surface area contributed by atoms with Crippen molar-refractivity contribution in [2.75, 3.05) is 6.61 Å². The van der Waals surface area contributed by atoms with E-state index in [0.29, 0.717) is 13.0 Å². The van der Waals surface area contributed by atoms with Crippen molar-refractivity contribution in [3.05, 3.63) is 72.1 Å². The number of nitrogens with zero attached hydrogens (tertiary/aromatic N) is 4. The molecular weight excluding hydrogens is 290 g/mol. The van der Waals surface area contributed by atoms with Crippen LogP contribution in [0.1, 0.15) is 23.9 Å². The normalized spacial score (nSPS) is 12.2. The van der Waals surface area contributed by atoms with Crippen LogP contribution in [0.15, 0.2) is 60.7 Å². The van der Waals surface area contributed by atoms with E-state index in [1.807, 2.05) is 60.7 Å². The molecule has 6 nitrogen and oxygen atoms in total. The van der Waals surface area contributed by atoms with Gasteiger partial charge in [0.15, 0.2) is 5.82 Å². The fraction of sp³-hybridized carbons (Fsp3) is 0.235. The Labute approximate surface area is 134 Å². The van der Waals surface area contributed by atoms with Crippen molar-refractivity contribution in [3.8, 4) is 5.69 Å². The van der Waals surface area contributed by atoms with E-state index in [4.69, 9.17) is 0 Å². The highest BCUT2D eigenvalue weighted by atomic mass is 16.3. The second-order valence-corrected chi connectivity index (χ2v) is 5.20. The number of nitrogens with one attached hydrogen (secondary N) is 1. The van der Waals surface area contributed by atoms with Crippen LogP contribution >= 0.6 is 0 Å². The molecule has 0 amide bonds. The zero-order valence-corrected chi connectivity index (χ0v) is 12.7. The zero-order valence-electron chi connectivity index (χ0n) is 12.7. The average molecular weight is 309 g/mol. The lowest BCUT2D eigenvalue weighted by Gasteiger charge is -2.18. The number of aromatic nitrogens is 4. The lowest BCUT2D eigenvalue weighted by atomic mass is 10.0. The number of aliphatic hydroxyl groups excluding tert-OH is 1. The Kier molecular flexibility index (Phi) is 5.08. The first-order valence-corrected chi connectivity index (χ1v) is 7.60. The molecule has 1 aromatic heterocycles. The van der Waals surface area contributed by atoms with Crippen molar-refractivity contribution in [2.24, 2.45) is 0 Å². The quantitative estimate of drug-likeness (QED) is 0.697. The molecule has 0 spiro atoms. The Morgan fingerprint density at radius 2 is 1.70 bits per heavy atom. The van der Waals surface area contributed by atoms with Gasteiger partial charge in [0.1, 0.15) is 0 Å². The molecule has 0 radical (unpaired) electrons. The van der Waals surface area contributed by atoms with Crippen LogP contribution in [0.4, 0.5) is 0 Å². The summed E-state index contributed by atoms with van der Waals surface area (Å²) >= 11 is 0. The van der Waals surface area contributed by atoms with Crippen LogP contribution in [0.25, 0.3) is 5.69 Å². The smallest absolute Gasteiger partial charge is 0.170 e. The summed E-state index contributed by atoms with van der Waals surface area (Å²) in [6.45, 7) is 0.637. The van der Waals surface area contributed by atoms with Gasteiger partial charge in [0.2, 0.25) is 0 Å². The summed E-state index contributed by atoms with van der Waals surface area (Å²) in [6.07, 6.45) is 0.636. The minimum atomic E-state index is 0.0575. The zero-order chi connectivity index (χ0) is 15.9. The Hall–Kier alpha value is -2.57. The second-order valence-electron chi connectivity index (χ2n) is 5.20. The van der Waals surface area contributed by atoms with Gasteiger partial charge in [-0.25, -0.2) is 0 Å². The lowest BCUT2D eigenvalue weighted by molar-refractivity contribution is 0.264. The van der Waals surface area contributed by atoms with E-state index < -0.39 is 0 Å². The molecular formula is C17H19N5O. The van der Waals surface area contributed by atoms with Crippen LogP contribution in [0.5, 0.6) is 0 Å². The maximum atomic E-state index is 9.30. The van der Waals surface area contributed by atoms with Crippen molar-refractivity contribution in [1.82, 2.24) is 25.5 Å². The summed E-state index contributed by atoms with van der Waals surface area (Å²) < 4.78 is 1.72. The van der Waals surface area contributed by atoms with Crippen LogP contribution in [0.2, 0.25) is 0 Å². The van der Waals surface area contributed by atoms with Crippen molar-refractivity contribution < 1.29 is 5.11 Å². The van der Waals surface area contributed by atoms with Gasteiger partial charge in [-0.2, -0.15) is 4.68 Å². The number of hydrogen-bond acceptors (Lipinski definition) is 5. The molecule has 2 N–H and O–H groups in total. The molecule has 6 heteroatoms. The number of hydrogen-bond donors (Lipinski definition) is 2. The maximum Gasteiger partial charge on any atom is 0.170 e. The van der Waals surface area contributed by atoms with Gasteiger partial charge in [0.05, 0.1) is 12.2 Å². The van der Waals surface area contributed by atoms with Gasteiger partial charge in [0.25, 0.3) is 0 Å². The number of rotatable bonds is 7. The predicted molar refractivity (Wildman–Crippen MR) is 86.9 cm³/mol. The Bertz CT molecular complexity index is 714. The second kappa shape index (κ2) is 7.62. The van der Waals surface area contributed by atoms with E-state index in [-0.39, 0.29) is 12.6 Å². The van der Waals surface area contributed by atoms with E-state index >= 15 is 0 Å². The molecule has 0 aliphatic heterocycles. The fourth-order valence-electron chi connectivity index (χ4n) is 2.50. The molecule has 3 aromatic rings. The SMILES string of the molecule is OCCC(NCc1nnnn1-c1ccccc1)c1ccccc1. The minimum Gasteiger partial charge on any atom is -0.396 e. The Morgan fingerprint density at radius 1 is 1.00 bits per heavy atom. The minimum absolute atomic E-state index is 0.0575. The summed E-state index contributed by atoms with van der Waals surface area (Å²) in [6, 6.07) is 19.9. The highest BCUT2D eigenvalue weighted by Crippen LogP contribution is 2.17. The van der Waals surface area contributed by atoms with Gasteiger partial charge >= 0.3 is 0 Å². The molecule has 118 valence electrons. The summed E-state index contributed by atoms with van der Waals surface area (Å²) in [5.41, 5.74) is 2.06. The molecule has 0 fully saturated rings. The highest BCUT2D eigenvalue weighted by molar-refractivity contribution is 5.30. The molecule has 0 saturated carbocycles. The van der Waals surface area contributed by atoms with E-state index in [9.17, 15) is 5.11 Å². The standard InChI is InChI=1S/C17H19N5O/c23-12-11-16(14-7-3-1-4-8-14)18-13-17-19-20-21-22(17)15-9-5-2-6-10-15/h1-10,16,18,23H,11-13H2. The van der Waals surface area contributed by atoms with Crippen molar-refractivity contribution in [2.45, 2.75) is 19.0 Å². The first-order valence-electron chi connectivity index (χ1n) is 7.60. The van der Waals surface area contributed by atoms with Crippen molar-refractivity contribution in [3.63, 3.8) is 0 Å². The van der Waals surface area contributed by atoms with Gasteiger partial charge in [-0.1, -0.05) is 48.5 Å². The summed E-state index contributed by atoms with van der Waals surface area (Å²) in [4.78, 5) is 0. The number of para-hydroxylation sites is 1. The maximum absolute atomic E-state index is 9.30. The van der Waals surface area contributed by atoms with Gasteiger partial charge in [0, 0.05) is 12.6 Å². The van der Waals surface area contributed by atoms with Gasteiger partial charge < -0.3 is 10.4 Å². The molecule has 3 rings (SSSR count). The third-order valence-corrected chi connectivity index (χ3v) is 3.66. The van der Waals surface area contributed by atoms with Crippen molar-refractivity contribution in [1.29, 1.82) is 0 Å². The van der Waals surface area contributed by atoms with E-state index in [2.05, 4.69) is 20.8 Å². The third kappa shape index (κ3) is 3.80. The Morgan fingerprint density at radius 3 is 2.39 bits per heavy atom. The predicted octanol–water partition coefficient (Wildman–Crippen LogP) is 1.88. The van der Waals surface area contributed by atoms with E-state index in [0.717, 1.165) is 17.1 Å². The number of aliphatic hydroxyl groups is 1. The first-order chi connectivity index (χ1) is 11.4. The average Bonchev–Trinajstić information content (AvgIpc) is 3.09. The number of tetrazole rings is 1. The topological polar surface area (TPSA) is 75.9 Å². The number of benzene rings is 2. The molecule has 1 heterocycles. The van der Waals surface area contributed by atoms with Gasteiger partial charge in [-0.05, 0) is 34.5 Å². The first kappa shape index (κ1) is 15.3. The van der Waals surface area contributed by atoms with Crippen LogP contribution in [-0.2, 0) is 6.54 Å². The van der Waals surface area contributed by atoms with E-state index in [1.165, 1.54) is 0 Å². The van der Waals surface area contributed by atoms with Gasteiger partial charge in [-0.3, -0.25) is 0 Å².